The molecule has 1 unspecified atom stereocenters. The van der Waals surface area contributed by atoms with Crippen molar-refractivity contribution in [2.24, 2.45) is 0 Å². The van der Waals surface area contributed by atoms with Crippen LogP contribution in [0.15, 0.2) is 42.5 Å². The third kappa shape index (κ3) is 4.32. The van der Waals surface area contributed by atoms with Gasteiger partial charge in [-0.2, -0.15) is 0 Å². The number of ether oxygens (including phenoxy) is 2. The number of para-hydroxylation sites is 1. The molecular formula is C26H31NO4. The predicted octanol–water partition coefficient (Wildman–Crippen LogP) is 4.91. The molecule has 1 atom stereocenters. The standard InChI is InChI=1S/C26H31NO4/c1-17(2)20-7-5-6-8-23(20)30-19(4)25(29)27-13-11-26(12-14-27)16-22(28)21-15-18(3)9-10-24(21)31-26/h5-10,15,17,19H,11-14,16H2,1-4H3. The number of aryl methyl sites for hydroxylation is 1. The minimum atomic E-state index is -0.563. The number of hydrogen-bond donors (Lipinski definition) is 0. The van der Waals surface area contributed by atoms with Crippen molar-refractivity contribution in [3.05, 3.63) is 59.2 Å². The maximum absolute atomic E-state index is 13.0. The van der Waals surface area contributed by atoms with Crippen molar-refractivity contribution in [3.8, 4) is 11.5 Å². The molecular weight excluding hydrogens is 390 g/mol. The molecule has 0 aliphatic carbocycles. The molecule has 31 heavy (non-hydrogen) atoms. The van der Waals surface area contributed by atoms with E-state index in [0.717, 1.165) is 16.9 Å². The number of carbonyl (C=O) groups excluding carboxylic acids is 2. The molecule has 2 heterocycles. The smallest absolute Gasteiger partial charge is 0.263 e. The van der Waals surface area contributed by atoms with Crippen molar-refractivity contribution in [1.29, 1.82) is 0 Å². The molecule has 164 valence electrons. The lowest BCUT2D eigenvalue weighted by atomic mass is 9.82. The second-order valence-electron chi connectivity index (χ2n) is 9.16. The van der Waals surface area contributed by atoms with Crippen LogP contribution in [-0.4, -0.2) is 41.4 Å². The van der Waals surface area contributed by atoms with Crippen LogP contribution >= 0.6 is 0 Å². The van der Waals surface area contributed by atoms with E-state index in [1.807, 2.05) is 61.2 Å². The van der Waals surface area contributed by atoms with Crippen molar-refractivity contribution < 1.29 is 19.1 Å². The largest absolute Gasteiger partial charge is 0.486 e. The van der Waals surface area contributed by atoms with E-state index in [1.165, 1.54) is 0 Å². The van der Waals surface area contributed by atoms with E-state index in [0.29, 0.717) is 49.6 Å². The highest BCUT2D eigenvalue weighted by Crippen LogP contribution is 2.39. The van der Waals surface area contributed by atoms with Crippen molar-refractivity contribution in [3.63, 3.8) is 0 Å². The molecule has 2 aromatic rings. The van der Waals surface area contributed by atoms with Crippen molar-refractivity contribution in [2.75, 3.05) is 13.1 Å². The Balaban J connectivity index is 1.40. The van der Waals surface area contributed by atoms with E-state index in [9.17, 15) is 9.59 Å². The molecule has 0 N–H and O–H groups in total. The number of amides is 1. The van der Waals surface area contributed by atoms with Gasteiger partial charge in [-0.3, -0.25) is 9.59 Å². The summed E-state index contributed by atoms with van der Waals surface area (Å²) in [5.41, 5.74) is 2.32. The van der Waals surface area contributed by atoms with E-state index in [1.54, 1.807) is 0 Å². The van der Waals surface area contributed by atoms with Gasteiger partial charge in [-0.15, -0.1) is 0 Å². The lowest BCUT2D eigenvalue weighted by molar-refractivity contribution is -0.141. The van der Waals surface area contributed by atoms with Gasteiger partial charge >= 0.3 is 0 Å². The third-order valence-corrected chi connectivity index (χ3v) is 6.42. The summed E-state index contributed by atoms with van der Waals surface area (Å²) in [4.78, 5) is 27.6. The third-order valence-electron chi connectivity index (χ3n) is 6.42. The van der Waals surface area contributed by atoms with Gasteiger partial charge in [-0.25, -0.2) is 0 Å². The maximum Gasteiger partial charge on any atom is 0.263 e. The van der Waals surface area contributed by atoms with Crippen molar-refractivity contribution >= 4 is 11.7 Å². The van der Waals surface area contributed by atoms with Gasteiger partial charge in [-0.1, -0.05) is 43.7 Å². The van der Waals surface area contributed by atoms with Gasteiger partial charge in [0.1, 0.15) is 17.1 Å². The quantitative estimate of drug-likeness (QED) is 0.704. The normalized spacial score (nSPS) is 18.5. The van der Waals surface area contributed by atoms with E-state index in [4.69, 9.17) is 9.47 Å². The minimum Gasteiger partial charge on any atom is -0.486 e. The van der Waals surface area contributed by atoms with Crippen LogP contribution in [0.3, 0.4) is 0 Å². The van der Waals surface area contributed by atoms with E-state index >= 15 is 0 Å². The lowest BCUT2D eigenvalue weighted by Crippen LogP contribution is -2.54. The maximum atomic E-state index is 13.0. The monoisotopic (exact) mass is 421 g/mol. The Morgan fingerprint density at radius 1 is 1.10 bits per heavy atom. The minimum absolute atomic E-state index is 0.0217. The van der Waals surface area contributed by atoms with Crippen LogP contribution in [-0.2, 0) is 4.79 Å². The Hall–Kier alpha value is -2.82. The molecule has 4 rings (SSSR count). The molecule has 5 heteroatoms. The molecule has 0 saturated carbocycles. The predicted molar refractivity (Wildman–Crippen MR) is 120 cm³/mol. The second kappa shape index (κ2) is 8.37. The van der Waals surface area contributed by atoms with E-state index in [-0.39, 0.29) is 11.7 Å². The number of fused-ring (bicyclic) bond motifs is 1. The Morgan fingerprint density at radius 3 is 2.52 bits per heavy atom. The number of likely N-dealkylation sites (tertiary alicyclic amines) is 1. The molecule has 5 nitrogen and oxygen atoms in total. The lowest BCUT2D eigenvalue weighted by Gasteiger charge is -2.44. The summed E-state index contributed by atoms with van der Waals surface area (Å²) in [5, 5.41) is 0. The average Bonchev–Trinajstić information content (AvgIpc) is 2.74. The summed E-state index contributed by atoms with van der Waals surface area (Å²) < 4.78 is 12.4. The average molecular weight is 422 g/mol. The highest BCUT2D eigenvalue weighted by Gasteiger charge is 2.44. The first-order valence-electron chi connectivity index (χ1n) is 11.2. The van der Waals surface area contributed by atoms with Crippen LogP contribution in [0.25, 0.3) is 0 Å². The first-order valence-corrected chi connectivity index (χ1v) is 11.2. The molecule has 1 spiro atoms. The zero-order valence-corrected chi connectivity index (χ0v) is 18.8. The number of benzene rings is 2. The molecule has 1 amide bonds. The first kappa shape index (κ1) is 21.4. The fourth-order valence-electron chi connectivity index (χ4n) is 4.58. The van der Waals surface area contributed by atoms with Crippen LogP contribution in [0.4, 0.5) is 0 Å². The molecule has 0 radical (unpaired) electrons. The van der Waals surface area contributed by atoms with Crippen molar-refractivity contribution in [1.82, 2.24) is 4.90 Å². The number of nitrogens with zero attached hydrogens (tertiary/aromatic N) is 1. The number of hydrogen-bond acceptors (Lipinski definition) is 4. The second-order valence-corrected chi connectivity index (χ2v) is 9.16. The summed E-state index contributed by atoms with van der Waals surface area (Å²) in [6, 6.07) is 13.6. The molecule has 0 bridgehead atoms. The number of carbonyl (C=O) groups is 2. The van der Waals surface area contributed by atoms with Gasteiger partial charge in [-0.05, 0) is 43.5 Å². The molecule has 2 aliphatic rings. The number of Topliss-reactive ketones (excluding diaryl/α,β-unsaturated/α-hetero) is 1. The summed E-state index contributed by atoms with van der Waals surface area (Å²) in [7, 11) is 0. The summed E-state index contributed by atoms with van der Waals surface area (Å²) in [6.07, 6.45) is 1.10. The summed E-state index contributed by atoms with van der Waals surface area (Å²) in [5.74, 6) is 1.86. The van der Waals surface area contributed by atoms with Crippen LogP contribution < -0.4 is 9.47 Å². The fourth-order valence-corrected chi connectivity index (χ4v) is 4.58. The van der Waals surface area contributed by atoms with Crippen LogP contribution in [0.2, 0.25) is 0 Å². The summed E-state index contributed by atoms with van der Waals surface area (Å²) >= 11 is 0. The first-order chi connectivity index (χ1) is 14.8. The van der Waals surface area contributed by atoms with Crippen LogP contribution in [0.5, 0.6) is 11.5 Å². The van der Waals surface area contributed by atoms with Gasteiger partial charge in [0.05, 0.1) is 12.0 Å². The number of piperidine rings is 1. The molecule has 1 saturated heterocycles. The number of ketones is 1. The molecule has 2 aromatic carbocycles. The Kier molecular flexibility index (Phi) is 5.78. The zero-order valence-electron chi connectivity index (χ0n) is 18.8. The van der Waals surface area contributed by atoms with Crippen LogP contribution in [0.1, 0.15) is 67.4 Å². The Labute approximate surface area is 184 Å². The van der Waals surface area contributed by atoms with Crippen LogP contribution in [0, 0.1) is 6.92 Å². The van der Waals surface area contributed by atoms with Gasteiger partial charge in [0.15, 0.2) is 11.9 Å². The molecule has 0 aromatic heterocycles. The Morgan fingerprint density at radius 2 is 1.81 bits per heavy atom. The van der Waals surface area contributed by atoms with E-state index in [2.05, 4.69) is 13.8 Å². The van der Waals surface area contributed by atoms with Gasteiger partial charge in [0, 0.05) is 25.9 Å². The SMILES string of the molecule is Cc1ccc2c(c1)C(=O)CC1(CCN(C(=O)C(C)Oc3ccccc3C(C)C)CC1)O2. The topological polar surface area (TPSA) is 55.8 Å². The zero-order chi connectivity index (χ0) is 22.2. The highest BCUT2D eigenvalue weighted by atomic mass is 16.5. The van der Waals surface area contributed by atoms with Gasteiger partial charge < -0.3 is 14.4 Å². The number of rotatable bonds is 4. The van der Waals surface area contributed by atoms with Gasteiger partial charge in [0.2, 0.25) is 0 Å². The summed E-state index contributed by atoms with van der Waals surface area (Å²) in [6.45, 7) is 9.14. The highest BCUT2D eigenvalue weighted by molar-refractivity contribution is 6.00. The Bertz CT molecular complexity index is 989. The van der Waals surface area contributed by atoms with E-state index < -0.39 is 11.7 Å². The van der Waals surface area contributed by atoms with Gasteiger partial charge in [0.25, 0.3) is 5.91 Å². The van der Waals surface area contributed by atoms with Crippen molar-refractivity contribution in [2.45, 2.75) is 64.6 Å². The fraction of sp³-hybridized carbons (Fsp3) is 0.462. The molecule has 1 fully saturated rings. The molecule has 2 aliphatic heterocycles.